The van der Waals surface area contributed by atoms with E-state index in [1.165, 1.54) is 11.3 Å². The number of alkyl halides is 1. The molecule has 0 atom stereocenters. The Morgan fingerprint density at radius 2 is 2.21 bits per heavy atom. The summed E-state index contributed by atoms with van der Waals surface area (Å²) in [5.74, 6) is 0.129. The quantitative estimate of drug-likeness (QED) is 0.531. The van der Waals surface area contributed by atoms with Gasteiger partial charge in [0.1, 0.15) is 0 Å². The lowest BCUT2D eigenvalue weighted by atomic mass is 10.2. The van der Waals surface area contributed by atoms with E-state index in [0.717, 1.165) is 22.2 Å². The van der Waals surface area contributed by atoms with E-state index in [-0.39, 0.29) is 11.9 Å². The Labute approximate surface area is 128 Å². The Hall–Kier alpha value is -0.390. The molecule has 0 saturated heterocycles. The van der Waals surface area contributed by atoms with Gasteiger partial charge in [-0.25, -0.2) is 0 Å². The van der Waals surface area contributed by atoms with Crippen LogP contribution >= 0.6 is 27.3 Å². The van der Waals surface area contributed by atoms with Crippen molar-refractivity contribution in [3.8, 4) is 0 Å². The maximum absolute atomic E-state index is 12.6. The Bertz CT molecular complexity index is 393. The van der Waals surface area contributed by atoms with Crippen molar-refractivity contribution in [2.45, 2.75) is 33.2 Å². The van der Waals surface area contributed by atoms with E-state index < -0.39 is 0 Å². The summed E-state index contributed by atoms with van der Waals surface area (Å²) in [7, 11) is 0. The van der Waals surface area contributed by atoms with E-state index in [1.807, 2.05) is 30.2 Å². The highest BCUT2D eigenvalue weighted by Crippen LogP contribution is 2.20. The highest BCUT2D eigenvalue weighted by Gasteiger charge is 2.21. The number of hydrogen-bond acceptors (Lipinski definition) is 3. The second kappa shape index (κ2) is 8.72. The van der Waals surface area contributed by atoms with Crippen molar-refractivity contribution in [3.05, 3.63) is 21.9 Å². The summed E-state index contributed by atoms with van der Waals surface area (Å²) in [6.07, 6.45) is 0.899. The predicted octanol–water partition coefficient (Wildman–Crippen LogP) is 3.57. The van der Waals surface area contributed by atoms with Crippen molar-refractivity contribution in [2.75, 3.05) is 25.1 Å². The van der Waals surface area contributed by atoms with Crippen molar-refractivity contribution in [1.29, 1.82) is 0 Å². The molecule has 1 aromatic rings. The lowest BCUT2D eigenvalue weighted by Gasteiger charge is -2.26. The van der Waals surface area contributed by atoms with E-state index >= 15 is 0 Å². The van der Waals surface area contributed by atoms with E-state index in [9.17, 15) is 4.79 Å². The number of amides is 1. The number of carbonyl (C=O) groups excluding carboxylic acids is 1. The van der Waals surface area contributed by atoms with Gasteiger partial charge in [0.05, 0.1) is 18.1 Å². The van der Waals surface area contributed by atoms with Gasteiger partial charge in [0.15, 0.2) is 0 Å². The van der Waals surface area contributed by atoms with Crippen LogP contribution in [0.1, 0.15) is 36.0 Å². The molecule has 5 heteroatoms. The first-order valence-corrected chi connectivity index (χ1v) is 8.63. The van der Waals surface area contributed by atoms with E-state index in [4.69, 9.17) is 4.74 Å². The van der Waals surface area contributed by atoms with Crippen molar-refractivity contribution in [3.63, 3.8) is 0 Å². The molecule has 0 aliphatic rings. The molecule has 1 heterocycles. The highest BCUT2D eigenvalue weighted by atomic mass is 79.9. The zero-order valence-electron chi connectivity index (χ0n) is 11.8. The van der Waals surface area contributed by atoms with E-state index in [2.05, 4.69) is 22.9 Å². The zero-order valence-corrected chi connectivity index (χ0v) is 14.2. The average Bonchev–Trinajstić information content (AvgIpc) is 2.86. The van der Waals surface area contributed by atoms with Gasteiger partial charge in [-0.1, -0.05) is 22.9 Å². The molecule has 1 rings (SSSR count). The fourth-order valence-electron chi connectivity index (χ4n) is 1.85. The third-order valence-electron chi connectivity index (χ3n) is 2.90. The summed E-state index contributed by atoms with van der Waals surface area (Å²) in [4.78, 5) is 15.3. The number of hydrogen-bond donors (Lipinski definition) is 0. The number of nitrogens with zero attached hydrogens (tertiary/aromatic N) is 1. The number of thiophene rings is 1. The van der Waals surface area contributed by atoms with Crippen LogP contribution in [-0.2, 0) is 11.2 Å². The molecule has 0 saturated carbocycles. The molecule has 0 unspecified atom stereocenters. The van der Waals surface area contributed by atoms with Gasteiger partial charge in [0, 0.05) is 17.9 Å². The summed E-state index contributed by atoms with van der Waals surface area (Å²) in [6.45, 7) is 8.08. The number of rotatable bonds is 8. The van der Waals surface area contributed by atoms with Crippen LogP contribution in [0.2, 0.25) is 0 Å². The molecule has 3 nitrogen and oxygen atoms in total. The maximum Gasteiger partial charge on any atom is 0.264 e. The standard InChI is InChI=1S/C14H22BrNO2S/c1-4-12-5-10-19-13(12)14(17)16(11(2)3)7-9-18-8-6-15/h5,10-11H,4,6-9H2,1-3H3. The normalized spacial score (nSPS) is 11.0. The van der Waals surface area contributed by atoms with Crippen LogP contribution in [0.5, 0.6) is 0 Å². The van der Waals surface area contributed by atoms with E-state index in [0.29, 0.717) is 19.8 Å². The van der Waals surface area contributed by atoms with Crippen LogP contribution in [0.25, 0.3) is 0 Å². The van der Waals surface area contributed by atoms with E-state index in [1.54, 1.807) is 0 Å². The van der Waals surface area contributed by atoms with Gasteiger partial charge in [-0.2, -0.15) is 0 Å². The third kappa shape index (κ3) is 4.89. The molecule has 1 amide bonds. The molecular weight excluding hydrogens is 326 g/mol. The van der Waals surface area contributed by atoms with Crippen LogP contribution in [0, 0.1) is 0 Å². The van der Waals surface area contributed by atoms with Crippen molar-refractivity contribution in [2.24, 2.45) is 0 Å². The topological polar surface area (TPSA) is 29.5 Å². The number of halogens is 1. The van der Waals surface area contributed by atoms with Crippen LogP contribution in [-0.4, -0.2) is 41.9 Å². The molecule has 108 valence electrons. The lowest BCUT2D eigenvalue weighted by molar-refractivity contribution is 0.0600. The fourth-order valence-corrected chi connectivity index (χ4v) is 3.03. The van der Waals surface area contributed by atoms with Crippen molar-refractivity contribution in [1.82, 2.24) is 4.90 Å². The molecule has 0 fully saturated rings. The van der Waals surface area contributed by atoms with Crippen LogP contribution in [0.4, 0.5) is 0 Å². The summed E-state index contributed by atoms with van der Waals surface area (Å²) in [6, 6.07) is 2.23. The Morgan fingerprint density at radius 3 is 2.79 bits per heavy atom. The van der Waals surface area contributed by atoms with Gasteiger partial charge in [-0.05, 0) is 37.3 Å². The molecule has 0 aromatic carbocycles. The molecule has 1 aromatic heterocycles. The monoisotopic (exact) mass is 347 g/mol. The molecular formula is C14H22BrNO2S. The van der Waals surface area contributed by atoms with Gasteiger partial charge in [0.25, 0.3) is 5.91 Å². The van der Waals surface area contributed by atoms with Gasteiger partial charge in [-0.15, -0.1) is 11.3 Å². The summed E-state index contributed by atoms with van der Waals surface area (Å²) in [5.41, 5.74) is 1.14. The first-order chi connectivity index (χ1) is 9.11. The molecule has 19 heavy (non-hydrogen) atoms. The van der Waals surface area contributed by atoms with Gasteiger partial charge in [0.2, 0.25) is 0 Å². The molecule has 0 aliphatic heterocycles. The number of carbonyl (C=O) groups is 1. The molecule has 0 radical (unpaired) electrons. The lowest BCUT2D eigenvalue weighted by Crippen LogP contribution is -2.39. The smallest absolute Gasteiger partial charge is 0.264 e. The average molecular weight is 348 g/mol. The second-order valence-corrected chi connectivity index (χ2v) is 6.23. The molecule has 0 N–H and O–H groups in total. The summed E-state index contributed by atoms with van der Waals surface area (Å²) in [5, 5.41) is 2.82. The Morgan fingerprint density at radius 1 is 1.47 bits per heavy atom. The molecule has 0 spiro atoms. The number of aryl methyl sites for hydroxylation is 1. The summed E-state index contributed by atoms with van der Waals surface area (Å²) >= 11 is 4.85. The maximum atomic E-state index is 12.6. The van der Waals surface area contributed by atoms with Crippen LogP contribution in [0.3, 0.4) is 0 Å². The largest absolute Gasteiger partial charge is 0.379 e. The third-order valence-corrected chi connectivity index (χ3v) is 4.17. The SMILES string of the molecule is CCc1ccsc1C(=O)N(CCOCCBr)C(C)C. The zero-order chi connectivity index (χ0) is 14.3. The second-order valence-electron chi connectivity index (χ2n) is 4.52. The minimum atomic E-state index is 0.129. The predicted molar refractivity (Wildman–Crippen MR) is 84.5 cm³/mol. The Kier molecular flexibility index (Phi) is 7.64. The van der Waals surface area contributed by atoms with Gasteiger partial charge in [-0.3, -0.25) is 4.79 Å². The van der Waals surface area contributed by atoms with Crippen molar-refractivity contribution >= 4 is 33.2 Å². The molecule has 0 aliphatic carbocycles. The number of ether oxygens (including phenoxy) is 1. The van der Waals surface area contributed by atoms with Crippen LogP contribution in [0.15, 0.2) is 11.4 Å². The van der Waals surface area contributed by atoms with Crippen molar-refractivity contribution < 1.29 is 9.53 Å². The minimum absolute atomic E-state index is 0.129. The van der Waals surface area contributed by atoms with Gasteiger partial charge < -0.3 is 9.64 Å². The van der Waals surface area contributed by atoms with Crippen LogP contribution < -0.4 is 0 Å². The van der Waals surface area contributed by atoms with Gasteiger partial charge >= 0.3 is 0 Å². The fraction of sp³-hybridized carbons (Fsp3) is 0.643. The highest BCUT2D eigenvalue weighted by molar-refractivity contribution is 9.09. The Balaban J connectivity index is 2.68. The first-order valence-electron chi connectivity index (χ1n) is 6.62. The minimum Gasteiger partial charge on any atom is -0.379 e. The molecule has 0 bridgehead atoms. The first kappa shape index (κ1) is 16.7. The summed E-state index contributed by atoms with van der Waals surface area (Å²) < 4.78 is 5.45.